The molecule has 1 aromatic heterocycles. The molecule has 0 amide bonds. The summed E-state index contributed by atoms with van der Waals surface area (Å²) in [7, 11) is 0. The Kier molecular flexibility index (Phi) is 5.17. The van der Waals surface area contributed by atoms with Crippen molar-refractivity contribution in [3.05, 3.63) is 24.0 Å². The molecule has 1 aliphatic carbocycles. The van der Waals surface area contributed by atoms with Crippen molar-refractivity contribution in [2.75, 3.05) is 18.1 Å². The first-order valence-electron chi connectivity index (χ1n) is 7.07. The summed E-state index contributed by atoms with van der Waals surface area (Å²) in [5.41, 5.74) is 6.99. The number of nitrogens with two attached hydrogens (primary N) is 1. The largest absolute Gasteiger partial charge is 0.409 e. The molecular weight excluding hydrogens is 256 g/mol. The van der Waals surface area contributed by atoms with Crippen LogP contribution in [-0.4, -0.2) is 40.3 Å². The Balaban J connectivity index is 2.24. The minimum atomic E-state index is -0.000516. The Bertz CT molecular complexity index is 458. The van der Waals surface area contributed by atoms with Gasteiger partial charge in [0.25, 0.3) is 0 Å². The molecule has 1 heterocycles. The average Bonchev–Trinajstić information content (AvgIpc) is 2.52. The van der Waals surface area contributed by atoms with Gasteiger partial charge >= 0.3 is 0 Å². The molecule has 1 aromatic rings. The standard InChI is InChI=1S/C14H22N4O2/c15-14(17-20)13-10-12(6-7-16-13)18(8-9-19)11-4-2-1-3-5-11/h6-7,10-11,19-20H,1-5,8-9H2,(H2,15,17). The molecule has 1 saturated carbocycles. The molecule has 1 fully saturated rings. The highest BCUT2D eigenvalue weighted by molar-refractivity contribution is 5.95. The van der Waals surface area contributed by atoms with Gasteiger partial charge in [0.15, 0.2) is 5.84 Å². The Labute approximate surface area is 118 Å². The summed E-state index contributed by atoms with van der Waals surface area (Å²) < 4.78 is 0. The molecule has 2 rings (SSSR count). The Hall–Kier alpha value is -1.82. The van der Waals surface area contributed by atoms with Crippen LogP contribution in [0.5, 0.6) is 0 Å². The second-order valence-electron chi connectivity index (χ2n) is 5.09. The lowest BCUT2D eigenvalue weighted by molar-refractivity contribution is 0.290. The van der Waals surface area contributed by atoms with Crippen molar-refractivity contribution in [2.45, 2.75) is 38.1 Å². The molecule has 0 aliphatic heterocycles. The first-order chi connectivity index (χ1) is 9.76. The Morgan fingerprint density at radius 2 is 2.15 bits per heavy atom. The van der Waals surface area contributed by atoms with Crippen LogP contribution in [0.2, 0.25) is 0 Å². The van der Waals surface area contributed by atoms with E-state index in [1.54, 1.807) is 12.3 Å². The first kappa shape index (κ1) is 14.6. The number of aliphatic hydroxyl groups excluding tert-OH is 1. The highest BCUT2D eigenvalue weighted by atomic mass is 16.4. The summed E-state index contributed by atoms with van der Waals surface area (Å²) in [5.74, 6) is -0.000516. The lowest BCUT2D eigenvalue weighted by atomic mass is 9.94. The monoisotopic (exact) mass is 278 g/mol. The molecule has 0 saturated heterocycles. The van der Waals surface area contributed by atoms with Crippen LogP contribution >= 0.6 is 0 Å². The number of pyridine rings is 1. The van der Waals surface area contributed by atoms with Crippen molar-refractivity contribution < 1.29 is 10.3 Å². The van der Waals surface area contributed by atoms with Gasteiger partial charge in [-0.3, -0.25) is 4.98 Å². The number of hydrogen-bond acceptors (Lipinski definition) is 5. The van der Waals surface area contributed by atoms with Crippen molar-refractivity contribution in [3.63, 3.8) is 0 Å². The third kappa shape index (κ3) is 3.39. The van der Waals surface area contributed by atoms with Crippen molar-refractivity contribution in [3.8, 4) is 0 Å². The number of anilines is 1. The van der Waals surface area contributed by atoms with Gasteiger partial charge in [-0.05, 0) is 25.0 Å². The zero-order valence-electron chi connectivity index (χ0n) is 11.6. The first-order valence-corrected chi connectivity index (χ1v) is 7.07. The van der Waals surface area contributed by atoms with Crippen LogP contribution in [-0.2, 0) is 0 Å². The number of amidine groups is 1. The minimum Gasteiger partial charge on any atom is -0.409 e. The molecule has 20 heavy (non-hydrogen) atoms. The zero-order valence-corrected chi connectivity index (χ0v) is 11.6. The second kappa shape index (κ2) is 7.09. The fourth-order valence-corrected chi connectivity index (χ4v) is 2.81. The summed E-state index contributed by atoms with van der Waals surface area (Å²) >= 11 is 0. The lowest BCUT2D eigenvalue weighted by Crippen LogP contribution is -2.39. The van der Waals surface area contributed by atoms with E-state index in [0.717, 1.165) is 18.5 Å². The summed E-state index contributed by atoms with van der Waals surface area (Å²) in [6.07, 6.45) is 7.67. The zero-order chi connectivity index (χ0) is 14.4. The van der Waals surface area contributed by atoms with Crippen molar-refractivity contribution >= 4 is 11.5 Å². The van der Waals surface area contributed by atoms with E-state index < -0.39 is 0 Å². The smallest absolute Gasteiger partial charge is 0.188 e. The van der Waals surface area contributed by atoms with Gasteiger partial charge in [-0.1, -0.05) is 24.4 Å². The van der Waals surface area contributed by atoms with Gasteiger partial charge in [0, 0.05) is 24.5 Å². The van der Waals surface area contributed by atoms with Gasteiger partial charge < -0.3 is 20.9 Å². The average molecular weight is 278 g/mol. The van der Waals surface area contributed by atoms with Gasteiger partial charge in [-0.25, -0.2) is 0 Å². The van der Waals surface area contributed by atoms with E-state index in [0.29, 0.717) is 18.3 Å². The van der Waals surface area contributed by atoms with Crippen molar-refractivity contribution in [2.24, 2.45) is 10.9 Å². The van der Waals surface area contributed by atoms with E-state index in [1.165, 1.54) is 19.3 Å². The maximum Gasteiger partial charge on any atom is 0.188 e. The summed E-state index contributed by atoms with van der Waals surface area (Å²) in [6.45, 7) is 0.696. The van der Waals surface area contributed by atoms with E-state index in [4.69, 9.17) is 10.9 Å². The van der Waals surface area contributed by atoms with E-state index in [9.17, 15) is 5.11 Å². The minimum absolute atomic E-state index is 0.000516. The van der Waals surface area contributed by atoms with E-state index in [2.05, 4.69) is 15.0 Å². The molecule has 0 aromatic carbocycles. The molecule has 0 radical (unpaired) electrons. The van der Waals surface area contributed by atoms with E-state index >= 15 is 0 Å². The number of nitrogens with zero attached hydrogens (tertiary/aromatic N) is 3. The number of hydrogen-bond donors (Lipinski definition) is 3. The molecule has 0 bridgehead atoms. The van der Waals surface area contributed by atoms with Gasteiger partial charge in [0.05, 0.1) is 6.61 Å². The molecule has 0 atom stereocenters. The Morgan fingerprint density at radius 3 is 2.80 bits per heavy atom. The van der Waals surface area contributed by atoms with Crippen LogP contribution in [0.25, 0.3) is 0 Å². The third-order valence-corrected chi connectivity index (χ3v) is 3.80. The normalized spacial score (nSPS) is 17.1. The molecule has 4 N–H and O–H groups in total. The third-order valence-electron chi connectivity index (χ3n) is 3.80. The van der Waals surface area contributed by atoms with Crippen LogP contribution < -0.4 is 10.6 Å². The maximum atomic E-state index is 9.31. The van der Waals surface area contributed by atoms with Crippen LogP contribution in [0, 0.1) is 0 Å². The molecule has 6 heteroatoms. The van der Waals surface area contributed by atoms with Gasteiger partial charge in [-0.2, -0.15) is 0 Å². The fraction of sp³-hybridized carbons (Fsp3) is 0.571. The number of aliphatic hydroxyl groups is 1. The molecular formula is C14H22N4O2. The van der Waals surface area contributed by atoms with Crippen LogP contribution in [0.4, 0.5) is 5.69 Å². The predicted molar refractivity (Wildman–Crippen MR) is 78.1 cm³/mol. The van der Waals surface area contributed by atoms with Crippen molar-refractivity contribution in [1.82, 2.24) is 4.98 Å². The molecule has 110 valence electrons. The van der Waals surface area contributed by atoms with Gasteiger partial charge in [0.2, 0.25) is 0 Å². The van der Waals surface area contributed by atoms with Crippen molar-refractivity contribution in [1.29, 1.82) is 0 Å². The van der Waals surface area contributed by atoms with E-state index in [1.807, 2.05) is 6.07 Å². The summed E-state index contributed by atoms with van der Waals surface area (Å²) in [4.78, 5) is 6.30. The quantitative estimate of drug-likeness (QED) is 0.327. The predicted octanol–water partition coefficient (Wildman–Crippen LogP) is 1.31. The van der Waals surface area contributed by atoms with Crippen LogP contribution in [0.3, 0.4) is 0 Å². The summed E-state index contributed by atoms with van der Waals surface area (Å²) in [5, 5.41) is 21.0. The molecule has 0 spiro atoms. The Morgan fingerprint density at radius 1 is 1.40 bits per heavy atom. The fourth-order valence-electron chi connectivity index (χ4n) is 2.81. The van der Waals surface area contributed by atoms with E-state index in [-0.39, 0.29) is 12.4 Å². The highest BCUT2D eigenvalue weighted by Gasteiger charge is 2.21. The topological polar surface area (TPSA) is 95.0 Å². The molecule has 1 aliphatic rings. The SMILES string of the molecule is NC(=NO)c1cc(N(CCO)C2CCCCC2)ccn1. The van der Waals surface area contributed by atoms with Gasteiger partial charge in [-0.15, -0.1) is 0 Å². The van der Waals surface area contributed by atoms with Gasteiger partial charge in [0.1, 0.15) is 5.69 Å². The molecule has 0 unspecified atom stereocenters. The maximum absolute atomic E-state index is 9.31. The van der Waals surface area contributed by atoms with Crippen LogP contribution in [0.1, 0.15) is 37.8 Å². The lowest BCUT2D eigenvalue weighted by Gasteiger charge is -2.35. The molecule has 6 nitrogen and oxygen atoms in total. The summed E-state index contributed by atoms with van der Waals surface area (Å²) in [6, 6.07) is 4.15. The highest BCUT2D eigenvalue weighted by Crippen LogP contribution is 2.27. The second-order valence-corrected chi connectivity index (χ2v) is 5.09. The van der Waals surface area contributed by atoms with Crippen LogP contribution in [0.15, 0.2) is 23.5 Å². The number of oxime groups is 1. The number of aromatic nitrogens is 1. The number of rotatable bonds is 5.